The van der Waals surface area contributed by atoms with Crippen LogP contribution in [0.15, 0.2) is 53.8 Å². The highest BCUT2D eigenvalue weighted by Gasteiger charge is 2.47. The minimum absolute atomic E-state index is 0.132. The van der Waals surface area contributed by atoms with Crippen LogP contribution in [-0.4, -0.2) is 93.1 Å². The number of hydrogen-bond acceptors (Lipinski definition) is 12. The molecule has 3 aliphatic rings. The number of anilines is 3. The fraction of sp³-hybridized carbons (Fsp3) is 0.463. The van der Waals surface area contributed by atoms with E-state index in [0.29, 0.717) is 35.2 Å². The summed E-state index contributed by atoms with van der Waals surface area (Å²) < 4.78 is 41.1. The number of pyridine rings is 1. The lowest BCUT2D eigenvalue weighted by Gasteiger charge is -2.28. The molecule has 1 N–H and O–H groups in total. The van der Waals surface area contributed by atoms with Gasteiger partial charge in [0.25, 0.3) is 0 Å². The molecule has 0 spiro atoms. The van der Waals surface area contributed by atoms with Crippen molar-refractivity contribution in [2.45, 2.75) is 102 Å². The van der Waals surface area contributed by atoms with Crippen LogP contribution in [0.1, 0.15) is 95.4 Å². The van der Waals surface area contributed by atoms with E-state index in [-0.39, 0.29) is 41.2 Å². The minimum Gasteiger partial charge on any atom is -0.444 e. The topological polar surface area (TPSA) is 203 Å². The van der Waals surface area contributed by atoms with Crippen LogP contribution in [0.4, 0.5) is 31.4 Å². The molecule has 7 rings (SSSR count). The predicted molar refractivity (Wildman–Crippen MR) is 216 cm³/mol. The lowest BCUT2D eigenvalue weighted by molar-refractivity contribution is -0.124. The van der Waals surface area contributed by atoms with Gasteiger partial charge in [-0.2, -0.15) is 0 Å². The molecule has 0 radical (unpaired) electrons. The average Bonchev–Trinajstić information content (AvgIpc) is 4.05. The lowest BCUT2D eigenvalue weighted by atomic mass is 10.1. The first-order chi connectivity index (χ1) is 27.6. The summed E-state index contributed by atoms with van der Waals surface area (Å²) in [6.07, 6.45) is 5.84. The van der Waals surface area contributed by atoms with Gasteiger partial charge in [-0.15, -0.1) is 0 Å². The van der Waals surface area contributed by atoms with Gasteiger partial charge in [-0.1, -0.05) is 0 Å². The number of Topliss-reactive ketones (excluding diaryl/α,β-unsaturated/α-hetero) is 1. The second-order valence-electron chi connectivity index (χ2n) is 17.3. The van der Waals surface area contributed by atoms with Crippen molar-refractivity contribution in [1.29, 1.82) is 0 Å². The lowest BCUT2D eigenvalue weighted by Crippen LogP contribution is -2.36. The van der Waals surface area contributed by atoms with Crippen molar-refractivity contribution < 1.29 is 41.9 Å². The maximum absolute atomic E-state index is 14.0. The van der Waals surface area contributed by atoms with Crippen molar-refractivity contribution in [3.05, 3.63) is 71.7 Å². The SMILES string of the molecule is Cc1ccnc([C@H]2C[C@@H]2C(=O)CS(=O)(=O)c2ccc(N(Cc3cn4cc(C5CC5)cc(N5CC(=O)N(C)C5=O)c4n3)C(=O)OC(C)(C)C)cc2NC(=O)OC(C)(C)C)n1. The van der Waals surface area contributed by atoms with Gasteiger partial charge in [0.1, 0.15) is 29.3 Å². The van der Waals surface area contributed by atoms with E-state index in [2.05, 4.69) is 15.3 Å². The van der Waals surface area contributed by atoms with Crippen LogP contribution in [0.5, 0.6) is 0 Å². The molecule has 0 bridgehead atoms. The normalized spacial score (nSPS) is 18.3. The van der Waals surface area contributed by atoms with Gasteiger partial charge in [-0.3, -0.25) is 29.6 Å². The van der Waals surface area contributed by atoms with Gasteiger partial charge in [0.2, 0.25) is 5.91 Å². The third-order valence-electron chi connectivity index (χ3n) is 9.99. The Morgan fingerprint density at radius 3 is 2.31 bits per heavy atom. The number of sulfone groups is 1. The van der Waals surface area contributed by atoms with Gasteiger partial charge in [-0.25, -0.2) is 37.8 Å². The Hall–Kier alpha value is -5.91. The zero-order valence-electron chi connectivity index (χ0n) is 34.3. The van der Waals surface area contributed by atoms with E-state index >= 15 is 0 Å². The standard InChI is InChI=1S/C41H48N8O9S/c1-23-13-14-42-35(43-23)29-17-28(29)32(50)22-59(55,56)33-12-11-27(16-30(33)45-37(52)57-40(2,3)4)48(39(54)58-41(5,6)7)20-26-19-47-18-25(24-9-10-24)15-31(36(47)44-26)49-21-34(51)46(8)38(49)53/h11-16,18-19,24,28-29H,9-10,17,20-22H2,1-8H3,(H,45,52)/t28-,29-/m0/s1. The number of rotatable bonds is 11. The predicted octanol–water partition coefficient (Wildman–Crippen LogP) is 6.14. The molecule has 18 heteroatoms. The van der Waals surface area contributed by atoms with Crippen LogP contribution < -0.4 is 15.1 Å². The summed E-state index contributed by atoms with van der Waals surface area (Å²) in [6.45, 7) is 11.5. The monoisotopic (exact) mass is 828 g/mol. The van der Waals surface area contributed by atoms with E-state index in [0.717, 1.165) is 29.0 Å². The number of urea groups is 1. The second-order valence-corrected chi connectivity index (χ2v) is 19.3. The number of ketones is 1. The largest absolute Gasteiger partial charge is 0.444 e. The highest BCUT2D eigenvalue weighted by molar-refractivity contribution is 7.92. The Labute approximate surface area is 342 Å². The number of aryl methyl sites for hydroxylation is 1. The Morgan fingerprint density at radius 2 is 1.68 bits per heavy atom. The molecule has 312 valence electrons. The van der Waals surface area contributed by atoms with Crippen molar-refractivity contribution in [2.75, 3.05) is 34.5 Å². The average molecular weight is 829 g/mol. The summed E-state index contributed by atoms with van der Waals surface area (Å²) >= 11 is 0. The number of ether oxygens (including phenoxy) is 2. The number of imidazole rings is 1. The van der Waals surface area contributed by atoms with E-state index in [1.54, 1.807) is 71.3 Å². The first-order valence-electron chi connectivity index (χ1n) is 19.4. The molecule has 2 atom stereocenters. The van der Waals surface area contributed by atoms with Crippen molar-refractivity contribution in [3.8, 4) is 0 Å². The number of hydrogen-bond donors (Lipinski definition) is 1. The minimum atomic E-state index is -4.37. The number of carbonyl (C=O) groups is 5. The van der Waals surface area contributed by atoms with Crippen LogP contribution in [-0.2, 0) is 35.4 Å². The molecule has 4 heterocycles. The molecule has 3 fully saturated rings. The van der Waals surface area contributed by atoms with Crippen LogP contribution in [0.3, 0.4) is 0 Å². The van der Waals surface area contributed by atoms with Crippen molar-refractivity contribution >= 4 is 62.5 Å². The zero-order valence-corrected chi connectivity index (χ0v) is 35.1. The molecule has 2 aliphatic carbocycles. The summed E-state index contributed by atoms with van der Waals surface area (Å²) in [4.78, 5) is 83.1. The maximum Gasteiger partial charge on any atom is 0.415 e. The molecule has 1 saturated heterocycles. The van der Waals surface area contributed by atoms with Crippen molar-refractivity contribution in [2.24, 2.45) is 5.92 Å². The fourth-order valence-corrected chi connectivity index (χ4v) is 8.38. The van der Waals surface area contributed by atoms with Gasteiger partial charge in [0, 0.05) is 48.9 Å². The highest BCUT2D eigenvalue weighted by atomic mass is 32.2. The van der Waals surface area contributed by atoms with Crippen LogP contribution in [0, 0.1) is 12.8 Å². The maximum atomic E-state index is 14.0. The molecule has 59 heavy (non-hydrogen) atoms. The first kappa shape index (κ1) is 41.3. The number of carbonyl (C=O) groups excluding carboxylic acids is 5. The molecule has 1 aromatic carbocycles. The Balaban J connectivity index is 1.24. The van der Waals surface area contributed by atoms with E-state index in [9.17, 15) is 32.4 Å². The van der Waals surface area contributed by atoms with Crippen LogP contribution in [0.2, 0.25) is 0 Å². The van der Waals surface area contributed by atoms with Gasteiger partial charge in [0.15, 0.2) is 21.3 Å². The number of amides is 5. The van der Waals surface area contributed by atoms with Gasteiger partial charge >= 0.3 is 18.2 Å². The van der Waals surface area contributed by atoms with E-state index in [1.165, 1.54) is 35.0 Å². The molecule has 1 aliphatic heterocycles. The molecule has 3 aromatic heterocycles. The quantitative estimate of drug-likeness (QED) is 0.169. The third kappa shape index (κ3) is 9.22. The third-order valence-corrected chi connectivity index (χ3v) is 11.7. The number of fused-ring (bicyclic) bond motifs is 1. The Kier molecular flexibility index (Phi) is 10.5. The summed E-state index contributed by atoms with van der Waals surface area (Å²) in [5.41, 5.74) is 0.937. The Bertz CT molecular complexity index is 2500. The highest BCUT2D eigenvalue weighted by Crippen LogP contribution is 2.47. The van der Waals surface area contributed by atoms with E-state index < -0.39 is 56.7 Å². The molecule has 5 amide bonds. The first-order valence-corrected chi connectivity index (χ1v) is 21.0. The number of benzene rings is 1. The van der Waals surface area contributed by atoms with Crippen LogP contribution in [0.25, 0.3) is 5.65 Å². The van der Waals surface area contributed by atoms with Gasteiger partial charge in [-0.05, 0) is 110 Å². The molecular formula is C41H48N8O9S. The van der Waals surface area contributed by atoms with Crippen LogP contribution >= 0.6 is 0 Å². The summed E-state index contributed by atoms with van der Waals surface area (Å²) in [6, 6.07) is 7.05. The molecule has 0 unspecified atom stereocenters. The zero-order chi connectivity index (χ0) is 42.8. The number of imide groups is 1. The molecule has 17 nitrogen and oxygen atoms in total. The molecule has 4 aromatic rings. The molecule has 2 saturated carbocycles. The summed E-state index contributed by atoms with van der Waals surface area (Å²) in [5.74, 6) is -1.80. The fourth-order valence-electron chi connectivity index (χ4n) is 6.92. The number of nitrogens with zero attached hydrogens (tertiary/aromatic N) is 7. The smallest absolute Gasteiger partial charge is 0.415 e. The number of aromatic nitrogens is 4. The Morgan fingerprint density at radius 1 is 0.966 bits per heavy atom. The molecular weight excluding hydrogens is 781 g/mol. The number of likely N-dealkylation sites (N-methyl/N-ethyl adjacent to an activating group) is 1. The van der Waals surface area contributed by atoms with E-state index in [1.807, 2.05) is 12.3 Å². The summed E-state index contributed by atoms with van der Waals surface area (Å²) in [7, 11) is -2.94. The van der Waals surface area contributed by atoms with E-state index in [4.69, 9.17) is 14.5 Å². The van der Waals surface area contributed by atoms with Gasteiger partial charge in [0.05, 0.1) is 28.5 Å². The van der Waals surface area contributed by atoms with Gasteiger partial charge < -0.3 is 13.9 Å². The van der Waals surface area contributed by atoms with Crippen molar-refractivity contribution in [3.63, 3.8) is 0 Å². The van der Waals surface area contributed by atoms with Crippen molar-refractivity contribution in [1.82, 2.24) is 24.3 Å². The second kappa shape index (κ2) is 15.0. The number of nitrogens with one attached hydrogen (secondary N) is 1. The summed E-state index contributed by atoms with van der Waals surface area (Å²) in [5, 5.41) is 2.53.